The molecule has 2 aromatic rings. The zero-order chi connectivity index (χ0) is 15.2. The van der Waals surface area contributed by atoms with Gasteiger partial charge in [0.2, 0.25) is 0 Å². The Kier molecular flexibility index (Phi) is 9.17. The van der Waals surface area contributed by atoms with Crippen LogP contribution in [0.25, 0.3) is 0 Å². The van der Waals surface area contributed by atoms with E-state index < -0.39 is 0 Å². The molecule has 0 aliphatic carbocycles. The smallest absolute Gasteiger partial charge is 0.193 e. The normalized spacial score (nSPS) is 11.2. The molecule has 4 nitrogen and oxygen atoms in total. The highest BCUT2D eigenvalue weighted by Gasteiger charge is 2.08. The molecule has 2 rings (SSSR count). The topological polar surface area (TPSA) is 40.5 Å². The summed E-state index contributed by atoms with van der Waals surface area (Å²) in [5, 5.41) is 6.62. The summed E-state index contributed by atoms with van der Waals surface area (Å²) in [4.78, 5) is 12.3. The average molecular weight is 562 g/mol. The summed E-state index contributed by atoms with van der Waals surface area (Å²) in [6, 6.07) is 4.35. The summed E-state index contributed by atoms with van der Waals surface area (Å²) in [7, 11) is 3.86. The molecule has 0 spiro atoms. The van der Waals surface area contributed by atoms with Gasteiger partial charge < -0.3 is 10.2 Å². The minimum absolute atomic E-state index is 0. The van der Waals surface area contributed by atoms with Crippen LogP contribution in [0, 0.1) is 9.81 Å². The van der Waals surface area contributed by atoms with Crippen molar-refractivity contribution in [2.24, 2.45) is 4.99 Å². The maximum absolute atomic E-state index is 4.49. The Morgan fingerprint density at radius 3 is 2.77 bits per heavy atom. The van der Waals surface area contributed by atoms with Gasteiger partial charge >= 0.3 is 0 Å². The number of aryl methyl sites for hydroxylation is 1. The predicted octanol–water partition coefficient (Wildman–Crippen LogP) is 3.99. The molecule has 0 aromatic carbocycles. The van der Waals surface area contributed by atoms with E-state index >= 15 is 0 Å². The second kappa shape index (κ2) is 10.0. The minimum Gasteiger partial charge on any atom is -0.356 e. The van der Waals surface area contributed by atoms with Crippen molar-refractivity contribution < 1.29 is 0 Å². The van der Waals surface area contributed by atoms with Crippen LogP contribution in [0.4, 0.5) is 0 Å². The number of thiophene rings is 1. The van der Waals surface area contributed by atoms with Crippen LogP contribution in [0.15, 0.2) is 22.5 Å². The van der Waals surface area contributed by atoms with Gasteiger partial charge in [-0.05, 0) is 48.1 Å². The van der Waals surface area contributed by atoms with Gasteiger partial charge in [0.1, 0.15) is 0 Å². The monoisotopic (exact) mass is 562 g/mol. The van der Waals surface area contributed by atoms with E-state index in [1.807, 2.05) is 32.4 Å². The molecule has 0 amide bonds. The number of nitrogens with one attached hydrogen (secondary N) is 1. The zero-order valence-corrected chi connectivity index (χ0v) is 18.9. The standard InChI is InChI=1S/C14H19IN4S2.HI/c1-10-18-11(9-20-10)8-19(3)14(16-2)17-7-6-12-4-5-13(15)21-12;/h4-5,9H,6-8H2,1-3H3,(H,16,17);1H. The van der Waals surface area contributed by atoms with E-state index in [4.69, 9.17) is 0 Å². The van der Waals surface area contributed by atoms with Crippen molar-refractivity contribution in [1.82, 2.24) is 15.2 Å². The van der Waals surface area contributed by atoms with E-state index in [1.165, 1.54) is 7.76 Å². The van der Waals surface area contributed by atoms with Gasteiger partial charge in [-0.1, -0.05) is 0 Å². The van der Waals surface area contributed by atoms with Crippen molar-refractivity contribution in [3.05, 3.63) is 36.0 Å². The molecule has 0 unspecified atom stereocenters. The van der Waals surface area contributed by atoms with E-state index in [0.29, 0.717) is 0 Å². The van der Waals surface area contributed by atoms with Crippen LogP contribution in [0.5, 0.6) is 0 Å². The van der Waals surface area contributed by atoms with Crippen LogP contribution in [0.3, 0.4) is 0 Å². The SMILES string of the molecule is CN=C(NCCc1ccc(I)s1)N(C)Cc1csc(C)n1.I. The van der Waals surface area contributed by atoms with Crippen LogP contribution in [-0.2, 0) is 13.0 Å². The fraction of sp³-hybridized carbons (Fsp3) is 0.429. The number of aliphatic imine (C=N–C) groups is 1. The van der Waals surface area contributed by atoms with E-state index in [9.17, 15) is 0 Å². The molecule has 0 saturated carbocycles. The second-order valence-electron chi connectivity index (χ2n) is 4.64. The molecular formula is C14H20I2N4S2. The van der Waals surface area contributed by atoms with Crippen LogP contribution < -0.4 is 5.32 Å². The Bertz CT molecular complexity index is 610. The van der Waals surface area contributed by atoms with Gasteiger partial charge in [-0.25, -0.2) is 4.98 Å². The van der Waals surface area contributed by atoms with Crippen molar-refractivity contribution in [3.8, 4) is 0 Å². The third-order valence-corrected chi connectivity index (χ3v) is 5.70. The maximum atomic E-state index is 4.49. The van der Waals surface area contributed by atoms with Crippen molar-refractivity contribution >= 4 is 75.2 Å². The van der Waals surface area contributed by atoms with Crippen LogP contribution in [0.2, 0.25) is 0 Å². The summed E-state index contributed by atoms with van der Waals surface area (Å²) >= 11 is 5.89. The summed E-state index contributed by atoms with van der Waals surface area (Å²) < 4.78 is 1.34. The van der Waals surface area contributed by atoms with E-state index in [0.717, 1.165) is 36.2 Å². The van der Waals surface area contributed by atoms with Crippen molar-refractivity contribution in [1.29, 1.82) is 0 Å². The van der Waals surface area contributed by atoms with Gasteiger partial charge in [0.25, 0.3) is 0 Å². The summed E-state index contributed by atoms with van der Waals surface area (Å²) in [6.07, 6.45) is 1.02. The van der Waals surface area contributed by atoms with Crippen LogP contribution in [-0.4, -0.2) is 36.5 Å². The third kappa shape index (κ3) is 6.28. The number of guanidine groups is 1. The molecule has 0 radical (unpaired) electrons. The molecule has 2 aromatic heterocycles. The number of rotatable bonds is 5. The largest absolute Gasteiger partial charge is 0.356 e. The van der Waals surface area contributed by atoms with E-state index in [-0.39, 0.29) is 24.0 Å². The molecule has 22 heavy (non-hydrogen) atoms. The lowest BCUT2D eigenvalue weighted by atomic mass is 10.3. The first-order valence-corrected chi connectivity index (χ1v) is 9.43. The van der Waals surface area contributed by atoms with Gasteiger partial charge in [0, 0.05) is 30.9 Å². The van der Waals surface area contributed by atoms with Crippen LogP contribution in [0.1, 0.15) is 15.6 Å². The summed E-state index contributed by atoms with van der Waals surface area (Å²) in [5.41, 5.74) is 1.09. The highest BCUT2D eigenvalue weighted by atomic mass is 127. The number of aromatic nitrogens is 1. The van der Waals surface area contributed by atoms with E-state index in [1.54, 1.807) is 11.3 Å². The molecule has 0 aliphatic heterocycles. The van der Waals surface area contributed by atoms with Gasteiger partial charge in [-0.15, -0.1) is 46.7 Å². The van der Waals surface area contributed by atoms with Crippen molar-refractivity contribution in [2.45, 2.75) is 19.9 Å². The molecule has 0 saturated heterocycles. The van der Waals surface area contributed by atoms with Crippen molar-refractivity contribution in [3.63, 3.8) is 0 Å². The molecule has 8 heteroatoms. The Morgan fingerprint density at radius 1 is 1.45 bits per heavy atom. The first kappa shape index (κ1) is 20.1. The number of hydrogen-bond donors (Lipinski definition) is 1. The fourth-order valence-corrected chi connectivity index (χ4v) is 4.33. The predicted molar refractivity (Wildman–Crippen MR) is 116 cm³/mol. The Morgan fingerprint density at radius 2 is 2.23 bits per heavy atom. The molecule has 1 N–H and O–H groups in total. The number of thiazole rings is 1. The van der Waals surface area contributed by atoms with Crippen LogP contribution >= 0.6 is 69.2 Å². The molecular weight excluding hydrogens is 542 g/mol. The molecule has 0 bridgehead atoms. The number of hydrogen-bond acceptors (Lipinski definition) is 4. The highest BCUT2D eigenvalue weighted by Crippen LogP contribution is 2.18. The number of halogens is 2. The Balaban J connectivity index is 0.00000242. The van der Waals surface area contributed by atoms with Gasteiger partial charge in [-0.2, -0.15) is 0 Å². The zero-order valence-electron chi connectivity index (χ0n) is 12.8. The van der Waals surface area contributed by atoms with E-state index in [2.05, 4.69) is 60.3 Å². The van der Waals surface area contributed by atoms with Crippen molar-refractivity contribution in [2.75, 3.05) is 20.6 Å². The molecule has 122 valence electrons. The lowest BCUT2D eigenvalue weighted by molar-refractivity contribution is 0.471. The average Bonchev–Trinajstić information content (AvgIpc) is 3.03. The van der Waals surface area contributed by atoms with Gasteiger partial charge in [0.15, 0.2) is 5.96 Å². The first-order chi connectivity index (χ1) is 10.1. The maximum Gasteiger partial charge on any atom is 0.193 e. The second-order valence-corrected chi connectivity index (χ2v) is 8.77. The lowest BCUT2D eigenvalue weighted by Crippen LogP contribution is -2.39. The molecule has 0 atom stereocenters. The minimum atomic E-state index is 0. The first-order valence-electron chi connectivity index (χ1n) is 6.65. The molecule has 2 heterocycles. The summed E-state index contributed by atoms with van der Waals surface area (Å²) in [6.45, 7) is 3.70. The quantitative estimate of drug-likeness (QED) is 0.341. The molecule has 0 aliphatic rings. The third-order valence-electron chi connectivity index (χ3n) is 2.92. The summed E-state index contributed by atoms with van der Waals surface area (Å²) in [5.74, 6) is 0.909. The van der Waals surface area contributed by atoms with Gasteiger partial charge in [0.05, 0.1) is 20.1 Å². The number of nitrogens with zero attached hydrogens (tertiary/aromatic N) is 3. The lowest BCUT2D eigenvalue weighted by Gasteiger charge is -2.21. The molecule has 0 fully saturated rings. The fourth-order valence-electron chi connectivity index (χ4n) is 1.97. The Labute approximate surface area is 170 Å². The highest BCUT2D eigenvalue weighted by molar-refractivity contribution is 14.1. The Hall–Kier alpha value is 0.0600. The van der Waals surface area contributed by atoms with Gasteiger partial charge in [-0.3, -0.25) is 4.99 Å².